The summed E-state index contributed by atoms with van der Waals surface area (Å²) in [5, 5.41) is 0. The van der Waals surface area contributed by atoms with Crippen molar-refractivity contribution in [1.29, 1.82) is 0 Å². The first kappa shape index (κ1) is 30.3. The third-order valence-electron chi connectivity index (χ3n) is 0. The summed E-state index contributed by atoms with van der Waals surface area (Å²) >= 11 is 0. The summed E-state index contributed by atoms with van der Waals surface area (Å²) in [6, 6.07) is 0. The van der Waals surface area contributed by atoms with Crippen molar-refractivity contribution in [2.75, 3.05) is 0 Å². The Labute approximate surface area is 100 Å². The fraction of sp³-hybridized carbons (Fsp3) is 0. The zero-order valence-electron chi connectivity index (χ0n) is 4.70. The molecule has 0 fully saturated rings. The van der Waals surface area contributed by atoms with Crippen LogP contribution in [0.25, 0.3) is 0 Å². The van der Waals surface area contributed by atoms with Gasteiger partial charge in [-0.3, -0.25) is 0 Å². The van der Waals surface area contributed by atoms with Gasteiger partial charge in [0, 0.05) is 0 Å². The number of halogens is 1. The Morgan fingerprint density at radius 1 is 1.33 bits per heavy atom. The molecule has 0 saturated carbocycles. The molecular formula is H3CaClLiO5P. The Kier molecular flexibility index (Phi) is 43.3. The molecule has 0 aliphatic carbocycles. The molecule has 48 valence electrons. The van der Waals surface area contributed by atoms with Crippen LogP contribution in [0.4, 0.5) is 0 Å². The molecule has 0 rings (SSSR count). The van der Waals surface area contributed by atoms with Crippen molar-refractivity contribution in [1.82, 2.24) is 0 Å². The molecule has 0 aromatic carbocycles. The molecule has 0 amide bonds. The van der Waals surface area contributed by atoms with E-state index in [9.17, 15) is 0 Å². The Hall–Kier alpha value is 2.22. The summed E-state index contributed by atoms with van der Waals surface area (Å²) in [6.45, 7) is 0. The quantitative estimate of drug-likeness (QED) is 0.306. The van der Waals surface area contributed by atoms with Gasteiger partial charge in [-0.15, -0.1) is 0 Å². The van der Waals surface area contributed by atoms with Crippen molar-refractivity contribution in [2.24, 2.45) is 0 Å². The first-order chi connectivity index (χ1) is 2.00. The van der Waals surface area contributed by atoms with Crippen LogP contribution in [0.2, 0.25) is 0 Å². The van der Waals surface area contributed by atoms with Gasteiger partial charge in [-0.05, 0) is 0 Å². The maximum atomic E-state index is 8.66. The maximum Gasteiger partial charge on any atom is 2.00 e. The Bertz CT molecular complexity index is 63.1. The Morgan fingerprint density at radius 2 is 1.33 bits per heavy atom. The Morgan fingerprint density at radius 3 is 1.33 bits per heavy atom. The van der Waals surface area contributed by atoms with Crippen LogP contribution < -0.4 is 41.1 Å². The number of hydrogen-bond acceptors (Lipinski definition) is 3. The monoisotopic (exact) mass is 196 g/mol. The van der Waals surface area contributed by atoms with Crippen molar-refractivity contribution in [3.05, 3.63) is 0 Å². The predicted molar refractivity (Wildman–Crippen MR) is 19.2 cm³/mol. The van der Waals surface area contributed by atoms with E-state index in [0.29, 0.717) is 0 Å². The summed E-state index contributed by atoms with van der Waals surface area (Å²) in [5.41, 5.74) is 0. The molecule has 0 aromatic heterocycles. The first-order valence-electron chi connectivity index (χ1n) is 0.748. The van der Waals surface area contributed by atoms with E-state index in [1.807, 2.05) is 0 Å². The molecule has 0 aliphatic rings. The van der Waals surface area contributed by atoms with Crippen LogP contribution in [0, 0.1) is 0 Å². The van der Waals surface area contributed by atoms with E-state index in [0.717, 1.165) is 0 Å². The van der Waals surface area contributed by atoms with E-state index in [1.165, 1.54) is 0 Å². The number of hydrogen-bond donors (Lipinski definition) is 1. The van der Waals surface area contributed by atoms with Crippen molar-refractivity contribution in [2.45, 2.75) is 0 Å². The van der Waals surface area contributed by atoms with Crippen LogP contribution in [0.15, 0.2) is 0 Å². The van der Waals surface area contributed by atoms with Gasteiger partial charge in [0.05, 0.1) is 7.82 Å². The zero-order chi connectivity index (χ0) is 4.50. The third kappa shape index (κ3) is 140. The molecule has 0 aliphatic heterocycles. The molecule has 3 N–H and O–H groups in total. The summed E-state index contributed by atoms with van der Waals surface area (Å²) in [7, 11) is -5.14. The van der Waals surface area contributed by atoms with E-state index in [4.69, 9.17) is 19.2 Å². The normalized spacial score (nSPS) is 6.56. The van der Waals surface area contributed by atoms with Crippen LogP contribution >= 0.6 is 7.82 Å². The van der Waals surface area contributed by atoms with Crippen LogP contribution in [0.5, 0.6) is 0 Å². The summed E-state index contributed by atoms with van der Waals surface area (Å²) < 4.78 is 8.66. The van der Waals surface area contributed by atoms with Crippen molar-refractivity contribution >= 4 is 45.6 Å². The van der Waals surface area contributed by atoms with Crippen LogP contribution in [0.3, 0.4) is 0 Å². The van der Waals surface area contributed by atoms with Gasteiger partial charge >= 0.3 is 56.6 Å². The minimum absolute atomic E-state index is 0. The van der Waals surface area contributed by atoms with Crippen LogP contribution in [-0.4, -0.2) is 48.1 Å². The molecule has 0 aromatic rings. The second-order valence-corrected chi connectivity index (χ2v) is 1.41. The third-order valence-corrected chi connectivity index (χ3v) is 0. The molecule has 0 unspecified atom stereocenters. The first-order valence-corrected chi connectivity index (χ1v) is 2.24. The van der Waals surface area contributed by atoms with E-state index in [1.54, 1.807) is 0 Å². The molecular weight excluding hydrogens is 193 g/mol. The second-order valence-electron chi connectivity index (χ2n) is 0.469. The van der Waals surface area contributed by atoms with E-state index in [2.05, 4.69) is 0 Å². The molecule has 0 saturated heterocycles. The largest absolute Gasteiger partial charge is 2.00 e. The van der Waals surface area contributed by atoms with Gasteiger partial charge in [-0.1, -0.05) is 0 Å². The maximum absolute atomic E-state index is 8.66. The molecule has 9 heteroatoms. The fourth-order valence-electron chi connectivity index (χ4n) is 0. The molecule has 0 spiro atoms. The van der Waals surface area contributed by atoms with Gasteiger partial charge in [0.2, 0.25) is 0 Å². The molecule has 5 nitrogen and oxygen atoms in total. The number of rotatable bonds is 0. The van der Waals surface area contributed by atoms with Crippen molar-refractivity contribution in [3.63, 3.8) is 0 Å². The van der Waals surface area contributed by atoms with Crippen LogP contribution in [0.1, 0.15) is 0 Å². The van der Waals surface area contributed by atoms with Gasteiger partial charge in [0.25, 0.3) is 0 Å². The van der Waals surface area contributed by atoms with Gasteiger partial charge in [-0.2, -0.15) is 0 Å². The topological polar surface area (TPSA) is 115 Å². The SMILES string of the molecule is O.O=P([O-])([O-])O.[Ca+2].[Cl-].[Li+]. The predicted octanol–water partition coefficient (Wildman–Crippen LogP) is -9.39. The van der Waals surface area contributed by atoms with Gasteiger partial charge in [-0.25, -0.2) is 0 Å². The van der Waals surface area contributed by atoms with E-state index < -0.39 is 7.82 Å². The fourth-order valence-corrected chi connectivity index (χ4v) is 0. The van der Waals surface area contributed by atoms with Crippen LogP contribution in [-0.2, 0) is 4.57 Å². The van der Waals surface area contributed by atoms with Crippen molar-refractivity contribution in [3.8, 4) is 0 Å². The molecule has 0 radical (unpaired) electrons. The van der Waals surface area contributed by atoms with E-state index >= 15 is 0 Å². The minimum Gasteiger partial charge on any atom is -1.00 e. The number of phosphoric acid groups is 1. The molecule has 0 bridgehead atoms. The van der Waals surface area contributed by atoms with Gasteiger partial charge < -0.3 is 37.1 Å². The van der Waals surface area contributed by atoms with E-state index in [-0.39, 0.29) is 74.5 Å². The summed E-state index contributed by atoms with van der Waals surface area (Å²) in [6.07, 6.45) is 0. The van der Waals surface area contributed by atoms with Gasteiger partial charge in [0.1, 0.15) is 0 Å². The smallest absolute Gasteiger partial charge is 1.00 e. The summed E-state index contributed by atoms with van der Waals surface area (Å²) in [5.74, 6) is 0. The van der Waals surface area contributed by atoms with Gasteiger partial charge in [0.15, 0.2) is 0 Å². The average Bonchev–Trinajstić information content (AvgIpc) is 0.722. The Balaban J connectivity index is -0.0000000133. The molecule has 0 heterocycles. The molecule has 0 atom stereocenters. The standard InChI is InChI=1S/Ca.ClH.Li.H3O4P.H2O/c;;;1-5(2,3)4;/h;1H;;(H3,1,2,3,4);1H2/q+2;;+1;;/p-3. The second kappa shape index (κ2) is 12.9. The zero-order valence-corrected chi connectivity index (χ0v) is 8.56. The molecule has 9 heavy (non-hydrogen) atoms. The minimum atomic E-state index is -5.14. The van der Waals surface area contributed by atoms with Crippen molar-refractivity contribution < 1.29 is 56.0 Å². The average molecular weight is 196 g/mol. The summed E-state index contributed by atoms with van der Waals surface area (Å²) in [4.78, 5) is 24.3.